The van der Waals surface area contributed by atoms with E-state index in [-0.39, 0.29) is 11.7 Å². The smallest absolute Gasteiger partial charge is 0.407 e. The van der Waals surface area contributed by atoms with Crippen molar-refractivity contribution in [3.63, 3.8) is 0 Å². The van der Waals surface area contributed by atoms with Crippen LogP contribution in [0.3, 0.4) is 0 Å². The topological polar surface area (TPSA) is 59.6 Å². The fraction of sp³-hybridized carbons (Fsp3) is 0.929. The zero-order valence-electron chi connectivity index (χ0n) is 12.7. The van der Waals surface area contributed by atoms with E-state index in [1.165, 1.54) is 0 Å². The molecule has 0 radical (unpaired) electrons. The molecule has 0 bridgehead atoms. The molecule has 19 heavy (non-hydrogen) atoms. The maximum atomic E-state index is 11.4. The number of carbonyl (C=O) groups is 1. The third kappa shape index (κ3) is 7.38. The van der Waals surface area contributed by atoms with Gasteiger partial charge < -0.3 is 20.1 Å². The molecule has 1 rings (SSSR count). The lowest BCUT2D eigenvalue weighted by atomic mass is 9.94. The molecule has 1 saturated heterocycles. The number of nitrogens with one attached hydrogen (secondary N) is 2. The van der Waals surface area contributed by atoms with Gasteiger partial charge in [-0.3, -0.25) is 0 Å². The first-order chi connectivity index (χ1) is 8.81. The Kier molecular flexibility index (Phi) is 6.07. The summed E-state index contributed by atoms with van der Waals surface area (Å²) >= 11 is 0. The quantitative estimate of drug-likeness (QED) is 0.752. The molecule has 112 valence electrons. The second kappa shape index (κ2) is 7.10. The Balaban J connectivity index is 2.06. The molecule has 0 aliphatic carbocycles. The fourth-order valence-corrected chi connectivity index (χ4v) is 2.00. The molecule has 5 heteroatoms. The maximum absolute atomic E-state index is 11.4. The summed E-state index contributed by atoms with van der Waals surface area (Å²) in [4.78, 5) is 11.4. The van der Waals surface area contributed by atoms with Crippen molar-refractivity contribution in [2.24, 2.45) is 0 Å². The Bertz CT molecular complexity index is 281. The van der Waals surface area contributed by atoms with Gasteiger partial charge in [0, 0.05) is 13.2 Å². The minimum absolute atomic E-state index is 0.00281. The van der Waals surface area contributed by atoms with Gasteiger partial charge in [0.15, 0.2) is 0 Å². The Labute approximate surface area is 116 Å². The van der Waals surface area contributed by atoms with Crippen molar-refractivity contribution in [2.75, 3.05) is 26.2 Å². The van der Waals surface area contributed by atoms with Crippen molar-refractivity contribution in [2.45, 2.75) is 58.2 Å². The van der Waals surface area contributed by atoms with Gasteiger partial charge >= 0.3 is 6.09 Å². The molecule has 1 aliphatic heterocycles. The van der Waals surface area contributed by atoms with Crippen LogP contribution in [0.25, 0.3) is 0 Å². The van der Waals surface area contributed by atoms with Crippen LogP contribution in [0.15, 0.2) is 0 Å². The summed E-state index contributed by atoms with van der Waals surface area (Å²) < 4.78 is 11.1. The summed E-state index contributed by atoms with van der Waals surface area (Å²) in [7, 11) is 0. The predicted octanol–water partition coefficient (Wildman–Crippen LogP) is 2.06. The monoisotopic (exact) mass is 272 g/mol. The SMILES string of the molecule is CC(C)(C)OC(=O)NCCCOC1(C)CCNCC1. The highest BCUT2D eigenvalue weighted by Crippen LogP contribution is 2.22. The van der Waals surface area contributed by atoms with Gasteiger partial charge in [0.2, 0.25) is 0 Å². The van der Waals surface area contributed by atoms with E-state index in [1.54, 1.807) is 0 Å². The average Bonchev–Trinajstić information content (AvgIpc) is 2.27. The van der Waals surface area contributed by atoms with Crippen molar-refractivity contribution in [3.8, 4) is 0 Å². The fourth-order valence-electron chi connectivity index (χ4n) is 2.00. The number of amides is 1. The van der Waals surface area contributed by atoms with Crippen molar-refractivity contribution in [3.05, 3.63) is 0 Å². The molecule has 0 aromatic carbocycles. The Morgan fingerprint density at radius 1 is 1.32 bits per heavy atom. The van der Waals surface area contributed by atoms with Crippen LogP contribution in [0.5, 0.6) is 0 Å². The standard InChI is InChI=1S/C14H28N2O3/c1-13(2,3)19-12(17)16-8-5-11-18-14(4)6-9-15-10-7-14/h15H,5-11H2,1-4H3,(H,16,17). The number of hydrogen-bond donors (Lipinski definition) is 2. The summed E-state index contributed by atoms with van der Waals surface area (Å²) in [5, 5.41) is 6.06. The molecule has 0 aromatic rings. The van der Waals surface area contributed by atoms with Crippen LogP contribution in [0.1, 0.15) is 47.0 Å². The van der Waals surface area contributed by atoms with Crippen LogP contribution >= 0.6 is 0 Å². The van der Waals surface area contributed by atoms with E-state index in [0.29, 0.717) is 13.2 Å². The van der Waals surface area contributed by atoms with E-state index in [4.69, 9.17) is 9.47 Å². The minimum atomic E-state index is -0.441. The van der Waals surface area contributed by atoms with E-state index in [2.05, 4.69) is 17.6 Å². The van der Waals surface area contributed by atoms with Gasteiger partial charge in [0.05, 0.1) is 5.60 Å². The molecule has 0 saturated carbocycles. The van der Waals surface area contributed by atoms with Gasteiger partial charge in [-0.25, -0.2) is 4.79 Å². The first-order valence-electron chi connectivity index (χ1n) is 7.12. The van der Waals surface area contributed by atoms with Crippen LogP contribution in [-0.2, 0) is 9.47 Å². The largest absolute Gasteiger partial charge is 0.444 e. The zero-order chi connectivity index (χ0) is 14.4. The van der Waals surface area contributed by atoms with E-state index in [9.17, 15) is 4.79 Å². The molecule has 0 spiro atoms. The minimum Gasteiger partial charge on any atom is -0.444 e. The van der Waals surface area contributed by atoms with Crippen molar-refractivity contribution >= 4 is 6.09 Å². The number of alkyl carbamates (subject to hydrolysis) is 1. The summed E-state index contributed by atoms with van der Waals surface area (Å²) in [6.07, 6.45) is 2.54. The first-order valence-corrected chi connectivity index (χ1v) is 7.12. The van der Waals surface area contributed by atoms with E-state index >= 15 is 0 Å². The molecule has 1 fully saturated rings. The first kappa shape index (κ1) is 16.2. The van der Waals surface area contributed by atoms with Gasteiger partial charge in [-0.2, -0.15) is 0 Å². The van der Waals surface area contributed by atoms with Gasteiger partial charge in [0.25, 0.3) is 0 Å². The normalized spacial score (nSPS) is 18.9. The predicted molar refractivity (Wildman–Crippen MR) is 75.3 cm³/mol. The number of rotatable bonds is 5. The molecule has 0 unspecified atom stereocenters. The van der Waals surface area contributed by atoms with E-state index in [0.717, 1.165) is 32.4 Å². The molecule has 0 atom stereocenters. The summed E-state index contributed by atoms with van der Waals surface area (Å²) in [6.45, 7) is 11.0. The number of ether oxygens (including phenoxy) is 2. The third-order valence-electron chi connectivity index (χ3n) is 3.10. The average molecular weight is 272 g/mol. The lowest BCUT2D eigenvalue weighted by molar-refractivity contribution is -0.0521. The Hall–Kier alpha value is -0.810. The Morgan fingerprint density at radius 3 is 2.53 bits per heavy atom. The molecule has 0 aromatic heterocycles. The van der Waals surface area contributed by atoms with Crippen molar-refractivity contribution < 1.29 is 14.3 Å². The second-order valence-corrected chi connectivity index (χ2v) is 6.33. The second-order valence-electron chi connectivity index (χ2n) is 6.33. The highest BCUT2D eigenvalue weighted by Gasteiger charge is 2.26. The maximum Gasteiger partial charge on any atom is 0.407 e. The van der Waals surface area contributed by atoms with Crippen LogP contribution in [0, 0.1) is 0 Å². The van der Waals surface area contributed by atoms with Crippen LogP contribution in [-0.4, -0.2) is 43.5 Å². The zero-order valence-corrected chi connectivity index (χ0v) is 12.7. The van der Waals surface area contributed by atoms with Crippen molar-refractivity contribution in [1.82, 2.24) is 10.6 Å². The van der Waals surface area contributed by atoms with Gasteiger partial charge in [-0.1, -0.05) is 0 Å². The van der Waals surface area contributed by atoms with Crippen LogP contribution in [0.4, 0.5) is 4.79 Å². The van der Waals surface area contributed by atoms with Crippen LogP contribution < -0.4 is 10.6 Å². The van der Waals surface area contributed by atoms with Gasteiger partial charge in [-0.05, 0) is 60.0 Å². The van der Waals surface area contributed by atoms with Gasteiger partial charge in [-0.15, -0.1) is 0 Å². The van der Waals surface area contributed by atoms with Crippen molar-refractivity contribution in [1.29, 1.82) is 0 Å². The number of hydrogen-bond acceptors (Lipinski definition) is 4. The molecule has 1 aliphatic rings. The van der Waals surface area contributed by atoms with E-state index < -0.39 is 5.60 Å². The lowest BCUT2D eigenvalue weighted by Crippen LogP contribution is -2.42. The molecular formula is C14H28N2O3. The lowest BCUT2D eigenvalue weighted by Gasteiger charge is -2.34. The summed E-state index contributed by atoms with van der Waals surface area (Å²) in [5.74, 6) is 0. The summed E-state index contributed by atoms with van der Waals surface area (Å²) in [5.41, 5.74) is -0.444. The molecule has 1 heterocycles. The Morgan fingerprint density at radius 2 is 1.95 bits per heavy atom. The third-order valence-corrected chi connectivity index (χ3v) is 3.10. The number of piperidine rings is 1. The molecule has 5 nitrogen and oxygen atoms in total. The van der Waals surface area contributed by atoms with E-state index in [1.807, 2.05) is 20.8 Å². The molecular weight excluding hydrogens is 244 g/mol. The molecule has 1 amide bonds. The number of carbonyl (C=O) groups excluding carboxylic acids is 1. The summed E-state index contributed by atoms with van der Waals surface area (Å²) in [6, 6.07) is 0. The van der Waals surface area contributed by atoms with Crippen LogP contribution in [0.2, 0.25) is 0 Å². The molecule has 2 N–H and O–H groups in total. The highest BCUT2D eigenvalue weighted by atomic mass is 16.6. The van der Waals surface area contributed by atoms with Gasteiger partial charge in [0.1, 0.15) is 5.60 Å². The highest BCUT2D eigenvalue weighted by molar-refractivity contribution is 5.67.